The van der Waals surface area contributed by atoms with Crippen LogP contribution in [0.25, 0.3) is 0 Å². The van der Waals surface area contributed by atoms with Gasteiger partial charge in [0.15, 0.2) is 0 Å². The standard InChI is InChI=1S/C16H19N3OS/c1-11(15(19(2)3)13-8-9-21-10-13)18-14-6-4-12(5-7-14)16(17)20/h4-10,15,18H,1H2,2-3H3,(H2,17,20). The van der Waals surface area contributed by atoms with E-state index in [0.717, 1.165) is 11.4 Å². The first-order valence-electron chi connectivity index (χ1n) is 6.53. The van der Waals surface area contributed by atoms with Crippen LogP contribution in [0.3, 0.4) is 0 Å². The zero-order valence-corrected chi connectivity index (χ0v) is 13.0. The predicted octanol–water partition coefficient (Wildman–Crippen LogP) is 3.08. The molecule has 3 N–H and O–H groups in total. The summed E-state index contributed by atoms with van der Waals surface area (Å²) in [6, 6.07) is 9.24. The summed E-state index contributed by atoms with van der Waals surface area (Å²) < 4.78 is 0. The van der Waals surface area contributed by atoms with Gasteiger partial charge in [-0.15, -0.1) is 0 Å². The molecule has 4 nitrogen and oxygen atoms in total. The first-order valence-corrected chi connectivity index (χ1v) is 7.47. The summed E-state index contributed by atoms with van der Waals surface area (Å²) in [7, 11) is 4.04. The number of nitrogens with zero attached hydrogens (tertiary/aromatic N) is 1. The second kappa shape index (κ2) is 6.56. The van der Waals surface area contributed by atoms with Crippen molar-refractivity contribution < 1.29 is 4.79 Å². The molecule has 2 aromatic rings. The second-order valence-electron chi connectivity index (χ2n) is 5.01. The molecule has 110 valence electrons. The molecule has 1 aromatic heterocycles. The molecule has 0 aliphatic rings. The van der Waals surface area contributed by atoms with E-state index in [0.29, 0.717) is 5.56 Å². The van der Waals surface area contributed by atoms with Crippen molar-refractivity contribution in [2.24, 2.45) is 5.73 Å². The summed E-state index contributed by atoms with van der Waals surface area (Å²) in [5.74, 6) is -0.426. The van der Waals surface area contributed by atoms with Crippen molar-refractivity contribution in [3.05, 3.63) is 64.5 Å². The highest BCUT2D eigenvalue weighted by molar-refractivity contribution is 7.08. The molecule has 0 spiro atoms. The third-order valence-electron chi connectivity index (χ3n) is 3.18. The minimum atomic E-state index is -0.426. The van der Waals surface area contributed by atoms with E-state index in [-0.39, 0.29) is 6.04 Å². The summed E-state index contributed by atoms with van der Waals surface area (Å²) >= 11 is 1.67. The van der Waals surface area contributed by atoms with Crippen LogP contribution < -0.4 is 11.1 Å². The quantitative estimate of drug-likeness (QED) is 0.862. The van der Waals surface area contributed by atoms with Gasteiger partial charge in [-0.3, -0.25) is 9.69 Å². The van der Waals surface area contributed by atoms with Crippen LogP contribution in [-0.4, -0.2) is 24.9 Å². The highest BCUT2D eigenvalue weighted by Crippen LogP contribution is 2.28. The SMILES string of the molecule is C=C(Nc1ccc(C(N)=O)cc1)C(c1ccsc1)N(C)C. The minimum absolute atomic E-state index is 0.0899. The third-order valence-corrected chi connectivity index (χ3v) is 3.88. The van der Waals surface area contributed by atoms with Gasteiger partial charge in [-0.1, -0.05) is 6.58 Å². The fraction of sp³-hybridized carbons (Fsp3) is 0.188. The molecule has 1 aromatic carbocycles. The molecular formula is C16H19N3OS. The number of likely N-dealkylation sites (N-methyl/N-ethyl adjacent to an activating group) is 1. The van der Waals surface area contributed by atoms with Gasteiger partial charge >= 0.3 is 0 Å². The van der Waals surface area contributed by atoms with Crippen LogP contribution in [0.2, 0.25) is 0 Å². The zero-order valence-electron chi connectivity index (χ0n) is 12.2. The molecule has 1 heterocycles. The zero-order chi connectivity index (χ0) is 15.4. The van der Waals surface area contributed by atoms with E-state index in [2.05, 4.69) is 33.6 Å². The number of anilines is 1. The van der Waals surface area contributed by atoms with Crippen LogP contribution in [0.5, 0.6) is 0 Å². The van der Waals surface area contributed by atoms with Crippen molar-refractivity contribution in [3.63, 3.8) is 0 Å². The van der Waals surface area contributed by atoms with E-state index < -0.39 is 5.91 Å². The van der Waals surface area contributed by atoms with E-state index in [1.807, 2.05) is 26.2 Å². The smallest absolute Gasteiger partial charge is 0.248 e. The van der Waals surface area contributed by atoms with Gasteiger partial charge in [-0.05, 0) is 60.8 Å². The van der Waals surface area contributed by atoms with Gasteiger partial charge in [0.25, 0.3) is 0 Å². The van der Waals surface area contributed by atoms with Crippen LogP contribution >= 0.6 is 11.3 Å². The molecule has 0 aliphatic carbocycles. The number of benzene rings is 1. The van der Waals surface area contributed by atoms with Gasteiger partial charge in [0.2, 0.25) is 5.91 Å². The summed E-state index contributed by atoms with van der Waals surface area (Å²) in [6.07, 6.45) is 0. The average Bonchev–Trinajstić information content (AvgIpc) is 2.92. The van der Waals surface area contributed by atoms with Crippen molar-refractivity contribution in [2.45, 2.75) is 6.04 Å². The molecule has 21 heavy (non-hydrogen) atoms. The molecule has 2 rings (SSSR count). The molecule has 1 atom stereocenters. The minimum Gasteiger partial charge on any atom is -0.366 e. The van der Waals surface area contributed by atoms with E-state index >= 15 is 0 Å². The number of hydrogen-bond acceptors (Lipinski definition) is 4. The molecular weight excluding hydrogens is 282 g/mol. The fourth-order valence-electron chi connectivity index (χ4n) is 2.21. The number of amides is 1. The summed E-state index contributed by atoms with van der Waals surface area (Å²) in [6.45, 7) is 4.15. The van der Waals surface area contributed by atoms with Gasteiger partial charge in [0.1, 0.15) is 0 Å². The third kappa shape index (κ3) is 3.71. The maximum Gasteiger partial charge on any atom is 0.248 e. The number of primary amides is 1. The Morgan fingerprint density at radius 1 is 1.29 bits per heavy atom. The number of carbonyl (C=O) groups is 1. The van der Waals surface area contributed by atoms with Crippen molar-refractivity contribution in [1.29, 1.82) is 0 Å². The summed E-state index contributed by atoms with van der Waals surface area (Å²) in [5, 5.41) is 7.47. The fourth-order valence-corrected chi connectivity index (χ4v) is 2.89. The monoisotopic (exact) mass is 301 g/mol. The Morgan fingerprint density at radius 2 is 1.95 bits per heavy atom. The van der Waals surface area contributed by atoms with E-state index in [4.69, 9.17) is 5.73 Å². The lowest BCUT2D eigenvalue weighted by Gasteiger charge is -2.26. The molecule has 0 radical (unpaired) electrons. The van der Waals surface area contributed by atoms with Gasteiger partial charge in [0.05, 0.1) is 6.04 Å². The Balaban J connectivity index is 2.14. The molecule has 0 saturated carbocycles. The van der Waals surface area contributed by atoms with Gasteiger partial charge in [0, 0.05) is 16.9 Å². The van der Waals surface area contributed by atoms with Crippen molar-refractivity contribution >= 4 is 22.9 Å². The van der Waals surface area contributed by atoms with Crippen LogP contribution in [0.15, 0.2) is 53.4 Å². The van der Waals surface area contributed by atoms with Crippen molar-refractivity contribution in [1.82, 2.24) is 4.90 Å². The second-order valence-corrected chi connectivity index (χ2v) is 5.79. The normalized spacial score (nSPS) is 12.1. The lowest BCUT2D eigenvalue weighted by atomic mass is 10.1. The topological polar surface area (TPSA) is 58.4 Å². The highest BCUT2D eigenvalue weighted by atomic mass is 32.1. The largest absolute Gasteiger partial charge is 0.366 e. The van der Waals surface area contributed by atoms with E-state index in [1.165, 1.54) is 5.56 Å². The number of hydrogen-bond donors (Lipinski definition) is 2. The van der Waals surface area contributed by atoms with Crippen molar-refractivity contribution in [2.75, 3.05) is 19.4 Å². The molecule has 0 fully saturated rings. The Bertz CT molecular complexity index is 617. The molecule has 1 unspecified atom stereocenters. The average molecular weight is 301 g/mol. The van der Waals surface area contributed by atoms with Gasteiger partial charge < -0.3 is 11.1 Å². The maximum absolute atomic E-state index is 11.1. The Labute approximate surface area is 128 Å². The maximum atomic E-state index is 11.1. The molecule has 1 amide bonds. The number of carbonyl (C=O) groups excluding carboxylic acids is 1. The van der Waals surface area contributed by atoms with Crippen LogP contribution in [0, 0.1) is 0 Å². The lowest BCUT2D eigenvalue weighted by molar-refractivity contribution is 0.100. The Morgan fingerprint density at radius 3 is 2.43 bits per heavy atom. The summed E-state index contributed by atoms with van der Waals surface area (Å²) in [5.41, 5.74) is 8.69. The van der Waals surface area contributed by atoms with Crippen LogP contribution in [0.1, 0.15) is 22.0 Å². The van der Waals surface area contributed by atoms with Crippen molar-refractivity contribution in [3.8, 4) is 0 Å². The van der Waals surface area contributed by atoms with Gasteiger partial charge in [-0.2, -0.15) is 11.3 Å². The molecule has 5 heteroatoms. The number of nitrogens with one attached hydrogen (secondary N) is 1. The summed E-state index contributed by atoms with van der Waals surface area (Å²) in [4.78, 5) is 13.2. The van der Waals surface area contributed by atoms with Gasteiger partial charge in [-0.25, -0.2) is 0 Å². The lowest BCUT2D eigenvalue weighted by Crippen LogP contribution is -2.24. The molecule has 0 aliphatic heterocycles. The number of thiophene rings is 1. The number of nitrogens with two attached hydrogens (primary N) is 1. The number of rotatable bonds is 6. The Hall–Kier alpha value is -2.11. The van der Waals surface area contributed by atoms with E-state index in [9.17, 15) is 4.79 Å². The van der Waals surface area contributed by atoms with Crippen LogP contribution in [0.4, 0.5) is 5.69 Å². The first kappa shape index (κ1) is 15.3. The molecule has 0 saturated heterocycles. The first-order chi connectivity index (χ1) is 9.99. The predicted molar refractivity (Wildman–Crippen MR) is 88.5 cm³/mol. The van der Waals surface area contributed by atoms with E-state index in [1.54, 1.807) is 23.5 Å². The van der Waals surface area contributed by atoms with Crippen LogP contribution in [-0.2, 0) is 0 Å². The molecule has 0 bridgehead atoms. The highest BCUT2D eigenvalue weighted by Gasteiger charge is 2.18. The Kier molecular flexibility index (Phi) is 4.77.